The Balaban J connectivity index is 2.29. The number of hydrogen-bond acceptors (Lipinski definition) is 3. The van der Waals surface area contributed by atoms with Gasteiger partial charge in [0.2, 0.25) is 5.56 Å². The average molecular weight is 347 g/mol. The van der Waals surface area contributed by atoms with Crippen molar-refractivity contribution in [3.63, 3.8) is 0 Å². The minimum Gasteiger partial charge on any atom is -0.366 e. The summed E-state index contributed by atoms with van der Waals surface area (Å²) in [5.41, 5.74) is 5.06. The van der Waals surface area contributed by atoms with Crippen LogP contribution in [0.2, 0.25) is 0 Å². The summed E-state index contributed by atoms with van der Waals surface area (Å²) in [5, 5.41) is 0.631. The number of nitrogens with zero attached hydrogens (tertiary/aromatic N) is 1. The number of nitrogens with two attached hydrogens (primary N) is 1. The number of rotatable bonds is 2. The van der Waals surface area contributed by atoms with E-state index >= 15 is 0 Å². The van der Waals surface area contributed by atoms with E-state index in [4.69, 9.17) is 5.73 Å². The van der Waals surface area contributed by atoms with Crippen molar-refractivity contribution in [1.82, 2.24) is 9.97 Å². The zero-order chi connectivity index (χ0) is 18.4. The molecular formula is C17H12F3N3O2. The molecule has 3 aromatic rings. The van der Waals surface area contributed by atoms with Crippen LogP contribution in [0.3, 0.4) is 0 Å². The number of fused-ring (bicyclic) bond motifs is 1. The standard InChI is InChI=1S/C17H12F3N3O2/c1-8-6-14(24)22-12-4-2-9(7-11(8)12)15-10(16(21)25)3-5-13(23-15)17(18,19)20/h2-7H,1H3,(H2,21,25)(H,22,24). The molecule has 0 fully saturated rings. The Bertz CT molecular complexity index is 1060. The van der Waals surface area contributed by atoms with Gasteiger partial charge < -0.3 is 10.7 Å². The number of aryl methyl sites for hydroxylation is 1. The molecule has 1 aromatic carbocycles. The summed E-state index contributed by atoms with van der Waals surface area (Å²) in [7, 11) is 0. The second-order valence-corrected chi connectivity index (χ2v) is 5.53. The van der Waals surface area contributed by atoms with Crippen molar-refractivity contribution in [2.24, 2.45) is 5.73 Å². The molecule has 0 bridgehead atoms. The SMILES string of the molecule is Cc1cc(=O)[nH]c2ccc(-c3nc(C(F)(F)F)ccc3C(N)=O)cc12. The molecule has 128 valence electrons. The van der Waals surface area contributed by atoms with Gasteiger partial charge in [-0.2, -0.15) is 13.2 Å². The minimum absolute atomic E-state index is 0.116. The van der Waals surface area contributed by atoms with Gasteiger partial charge in [-0.3, -0.25) is 9.59 Å². The van der Waals surface area contributed by atoms with Crippen LogP contribution < -0.4 is 11.3 Å². The van der Waals surface area contributed by atoms with Crippen LogP contribution in [0.1, 0.15) is 21.6 Å². The van der Waals surface area contributed by atoms with Crippen molar-refractivity contribution < 1.29 is 18.0 Å². The van der Waals surface area contributed by atoms with Crippen LogP contribution in [0.5, 0.6) is 0 Å². The molecule has 0 saturated carbocycles. The number of halogens is 3. The van der Waals surface area contributed by atoms with E-state index in [1.807, 2.05) is 0 Å². The van der Waals surface area contributed by atoms with E-state index in [0.29, 0.717) is 28.1 Å². The lowest BCUT2D eigenvalue weighted by Gasteiger charge is -2.12. The van der Waals surface area contributed by atoms with E-state index in [9.17, 15) is 22.8 Å². The van der Waals surface area contributed by atoms with E-state index in [1.54, 1.807) is 19.1 Å². The molecule has 3 N–H and O–H groups in total. The number of primary amides is 1. The van der Waals surface area contributed by atoms with Crippen molar-refractivity contribution >= 4 is 16.8 Å². The van der Waals surface area contributed by atoms with Gasteiger partial charge in [-0.15, -0.1) is 0 Å². The van der Waals surface area contributed by atoms with Gasteiger partial charge in [-0.25, -0.2) is 4.98 Å². The number of aromatic nitrogens is 2. The van der Waals surface area contributed by atoms with Crippen molar-refractivity contribution in [1.29, 1.82) is 0 Å². The van der Waals surface area contributed by atoms with Gasteiger partial charge in [0.25, 0.3) is 5.91 Å². The van der Waals surface area contributed by atoms with Gasteiger partial charge in [-0.05, 0) is 36.8 Å². The fourth-order valence-electron chi connectivity index (χ4n) is 2.61. The molecular weight excluding hydrogens is 335 g/mol. The summed E-state index contributed by atoms with van der Waals surface area (Å²) in [6.07, 6.45) is -4.65. The van der Waals surface area contributed by atoms with Crippen molar-refractivity contribution in [2.75, 3.05) is 0 Å². The van der Waals surface area contributed by atoms with Crippen LogP contribution in [-0.2, 0) is 6.18 Å². The molecule has 5 nitrogen and oxygen atoms in total. The van der Waals surface area contributed by atoms with E-state index in [-0.39, 0.29) is 16.8 Å². The Morgan fingerprint density at radius 1 is 1.16 bits per heavy atom. The number of amides is 1. The largest absolute Gasteiger partial charge is 0.433 e. The van der Waals surface area contributed by atoms with E-state index in [2.05, 4.69) is 9.97 Å². The maximum absolute atomic E-state index is 13.0. The second-order valence-electron chi connectivity index (χ2n) is 5.53. The monoisotopic (exact) mass is 347 g/mol. The van der Waals surface area contributed by atoms with Gasteiger partial charge in [0.05, 0.1) is 11.3 Å². The Labute approximate surface area is 139 Å². The van der Waals surface area contributed by atoms with Gasteiger partial charge in [-0.1, -0.05) is 6.07 Å². The molecule has 0 radical (unpaired) electrons. The lowest BCUT2D eigenvalue weighted by Crippen LogP contribution is -2.16. The van der Waals surface area contributed by atoms with Crippen LogP contribution >= 0.6 is 0 Å². The quantitative estimate of drug-likeness (QED) is 0.747. The number of carbonyl (C=O) groups excluding carboxylic acids is 1. The third-order valence-corrected chi connectivity index (χ3v) is 3.77. The van der Waals surface area contributed by atoms with E-state index in [1.165, 1.54) is 12.1 Å². The summed E-state index contributed by atoms with van der Waals surface area (Å²) in [4.78, 5) is 29.3. The van der Waals surface area contributed by atoms with Crippen LogP contribution in [-0.4, -0.2) is 15.9 Å². The summed E-state index contributed by atoms with van der Waals surface area (Å²) < 4.78 is 38.9. The second kappa shape index (κ2) is 5.73. The predicted octanol–water partition coefficient (Wildman–Crippen LogP) is 3.02. The highest BCUT2D eigenvalue weighted by atomic mass is 19.4. The Hall–Kier alpha value is -3.16. The zero-order valence-electron chi connectivity index (χ0n) is 12.9. The minimum atomic E-state index is -4.65. The Morgan fingerprint density at radius 3 is 2.52 bits per heavy atom. The molecule has 25 heavy (non-hydrogen) atoms. The summed E-state index contributed by atoms with van der Waals surface area (Å²) in [6, 6.07) is 7.69. The number of benzene rings is 1. The van der Waals surface area contributed by atoms with Crippen LogP contribution in [0, 0.1) is 6.92 Å². The number of hydrogen-bond donors (Lipinski definition) is 2. The average Bonchev–Trinajstić information content (AvgIpc) is 2.53. The number of alkyl halides is 3. The van der Waals surface area contributed by atoms with Crippen LogP contribution in [0.25, 0.3) is 22.2 Å². The number of H-pyrrole nitrogens is 1. The molecule has 0 unspecified atom stereocenters. The van der Waals surface area contributed by atoms with Crippen molar-refractivity contribution in [3.8, 4) is 11.3 Å². The van der Waals surface area contributed by atoms with Crippen LogP contribution in [0.4, 0.5) is 13.2 Å². The summed E-state index contributed by atoms with van der Waals surface area (Å²) in [5.74, 6) is -0.880. The maximum Gasteiger partial charge on any atom is 0.433 e. The Kier molecular flexibility index (Phi) is 3.82. The number of pyridine rings is 2. The van der Waals surface area contributed by atoms with E-state index < -0.39 is 17.8 Å². The summed E-state index contributed by atoms with van der Waals surface area (Å²) in [6.45, 7) is 1.70. The van der Waals surface area contributed by atoms with Gasteiger partial charge in [0.1, 0.15) is 5.69 Å². The normalized spacial score (nSPS) is 11.7. The van der Waals surface area contributed by atoms with Crippen LogP contribution in [0.15, 0.2) is 41.2 Å². The maximum atomic E-state index is 13.0. The van der Waals surface area contributed by atoms with Gasteiger partial charge in [0.15, 0.2) is 0 Å². The molecule has 8 heteroatoms. The first-order valence-electron chi connectivity index (χ1n) is 7.19. The van der Waals surface area contributed by atoms with Crippen molar-refractivity contribution in [2.45, 2.75) is 13.1 Å². The molecule has 0 atom stereocenters. The first-order valence-corrected chi connectivity index (χ1v) is 7.19. The highest BCUT2D eigenvalue weighted by Gasteiger charge is 2.33. The fourth-order valence-corrected chi connectivity index (χ4v) is 2.61. The number of nitrogens with one attached hydrogen (secondary N) is 1. The third kappa shape index (κ3) is 3.10. The van der Waals surface area contributed by atoms with E-state index in [0.717, 1.165) is 6.07 Å². The molecule has 0 spiro atoms. The summed E-state index contributed by atoms with van der Waals surface area (Å²) >= 11 is 0. The van der Waals surface area contributed by atoms with Gasteiger partial charge >= 0.3 is 6.18 Å². The predicted molar refractivity (Wildman–Crippen MR) is 86.1 cm³/mol. The third-order valence-electron chi connectivity index (χ3n) is 3.77. The highest BCUT2D eigenvalue weighted by molar-refractivity contribution is 6.00. The molecule has 2 aromatic heterocycles. The smallest absolute Gasteiger partial charge is 0.366 e. The highest BCUT2D eigenvalue weighted by Crippen LogP contribution is 2.32. The number of aromatic amines is 1. The lowest BCUT2D eigenvalue weighted by molar-refractivity contribution is -0.141. The molecule has 1 amide bonds. The Morgan fingerprint density at radius 2 is 1.88 bits per heavy atom. The lowest BCUT2D eigenvalue weighted by atomic mass is 10.0. The topological polar surface area (TPSA) is 88.8 Å². The first kappa shape index (κ1) is 16.7. The molecule has 0 aliphatic rings. The molecule has 0 aliphatic heterocycles. The van der Waals surface area contributed by atoms with Gasteiger partial charge in [0, 0.05) is 22.5 Å². The molecule has 2 heterocycles. The number of carbonyl (C=O) groups is 1. The zero-order valence-corrected chi connectivity index (χ0v) is 12.9. The first-order chi connectivity index (χ1) is 11.7. The molecule has 3 rings (SSSR count). The molecule has 0 aliphatic carbocycles. The molecule has 0 saturated heterocycles. The fraction of sp³-hybridized carbons (Fsp3) is 0.118. The van der Waals surface area contributed by atoms with Crippen molar-refractivity contribution in [3.05, 3.63) is 63.6 Å².